The van der Waals surface area contributed by atoms with E-state index in [1.807, 2.05) is 0 Å². The van der Waals surface area contributed by atoms with Gasteiger partial charge in [-0.1, -0.05) is 18.2 Å². The molecule has 7 heteroatoms. The highest BCUT2D eigenvalue weighted by Crippen LogP contribution is 2.07. The molecule has 1 aromatic heterocycles. The fourth-order valence-electron chi connectivity index (χ4n) is 2.11. The van der Waals surface area contributed by atoms with Gasteiger partial charge in [0.25, 0.3) is 5.91 Å². The van der Waals surface area contributed by atoms with E-state index in [0.717, 1.165) is 6.42 Å². The number of methoxy groups -OCH3 is 1. The van der Waals surface area contributed by atoms with Gasteiger partial charge in [0.2, 0.25) is 0 Å². The molecule has 6 nitrogen and oxygen atoms in total. The predicted octanol–water partition coefficient (Wildman–Crippen LogP) is 2.04. The molecule has 2 N–H and O–H groups in total. The van der Waals surface area contributed by atoms with E-state index in [-0.39, 0.29) is 17.4 Å². The number of aromatic nitrogens is 2. The highest BCUT2D eigenvalue weighted by atomic mass is 19.1. The first-order chi connectivity index (χ1) is 11.7. The fraction of sp³-hybridized carbons (Fsp3) is 0.353. The van der Waals surface area contributed by atoms with Crippen molar-refractivity contribution in [2.75, 3.05) is 32.1 Å². The highest BCUT2D eigenvalue weighted by Gasteiger charge is 2.09. The number of hydrogen-bond acceptors (Lipinski definition) is 5. The van der Waals surface area contributed by atoms with E-state index in [0.29, 0.717) is 37.5 Å². The van der Waals surface area contributed by atoms with E-state index < -0.39 is 0 Å². The summed E-state index contributed by atoms with van der Waals surface area (Å²) >= 11 is 0. The molecule has 1 aromatic carbocycles. The van der Waals surface area contributed by atoms with Gasteiger partial charge in [0.05, 0.1) is 0 Å². The van der Waals surface area contributed by atoms with Gasteiger partial charge in [0.1, 0.15) is 23.7 Å². The molecule has 0 spiro atoms. The first kappa shape index (κ1) is 17.8. The first-order valence-corrected chi connectivity index (χ1v) is 7.77. The Bertz CT molecular complexity index is 667. The van der Waals surface area contributed by atoms with Crippen LogP contribution in [0.1, 0.15) is 22.5 Å². The normalized spacial score (nSPS) is 10.4. The number of rotatable bonds is 9. The van der Waals surface area contributed by atoms with Crippen LogP contribution in [0.2, 0.25) is 0 Å². The average Bonchev–Trinajstić information content (AvgIpc) is 2.60. The zero-order chi connectivity index (χ0) is 17.2. The van der Waals surface area contributed by atoms with Crippen LogP contribution >= 0.6 is 0 Å². The Labute approximate surface area is 140 Å². The van der Waals surface area contributed by atoms with Crippen LogP contribution in [-0.4, -0.2) is 42.7 Å². The number of carbonyl (C=O) groups excluding carboxylic acids is 1. The van der Waals surface area contributed by atoms with Crippen LogP contribution in [0.5, 0.6) is 0 Å². The molecule has 0 aliphatic rings. The van der Waals surface area contributed by atoms with E-state index in [1.165, 1.54) is 12.4 Å². The maximum absolute atomic E-state index is 13.5. The standard InChI is InChI=1S/C17H21FN4O2/c1-24-10-4-8-19-16-11-15(21-12-22-16)17(23)20-9-7-13-5-2-3-6-14(13)18/h2-3,5-6,11-12H,4,7-10H2,1H3,(H,20,23)(H,19,21,22). The molecule has 0 saturated carbocycles. The van der Waals surface area contributed by atoms with Crippen molar-refractivity contribution in [3.8, 4) is 0 Å². The highest BCUT2D eigenvalue weighted by molar-refractivity contribution is 5.92. The molecule has 0 unspecified atom stereocenters. The van der Waals surface area contributed by atoms with Crippen molar-refractivity contribution >= 4 is 11.7 Å². The van der Waals surface area contributed by atoms with Crippen LogP contribution in [0.25, 0.3) is 0 Å². The molecule has 0 fully saturated rings. The second-order valence-corrected chi connectivity index (χ2v) is 5.16. The number of nitrogens with zero attached hydrogens (tertiary/aromatic N) is 2. The van der Waals surface area contributed by atoms with Crippen molar-refractivity contribution in [3.63, 3.8) is 0 Å². The minimum absolute atomic E-state index is 0.267. The number of carbonyl (C=O) groups is 1. The number of benzene rings is 1. The summed E-state index contributed by atoms with van der Waals surface area (Å²) in [5, 5.41) is 5.84. The van der Waals surface area contributed by atoms with E-state index in [2.05, 4.69) is 20.6 Å². The molecule has 0 bridgehead atoms. The second-order valence-electron chi connectivity index (χ2n) is 5.16. The van der Waals surface area contributed by atoms with E-state index >= 15 is 0 Å². The van der Waals surface area contributed by atoms with Gasteiger partial charge in [-0.25, -0.2) is 14.4 Å². The molecule has 0 aliphatic heterocycles. The maximum atomic E-state index is 13.5. The molecule has 1 heterocycles. The number of anilines is 1. The number of amides is 1. The summed E-state index contributed by atoms with van der Waals surface area (Å²) in [5.41, 5.74) is 0.841. The Kier molecular flexibility index (Phi) is 7.10. The summed E-state index contributed by atoms with van der Waals surface area (Å²) in [5.74, 6) is 0.00497. The van der Waals surface area contributed by atoms with Crippen LogP contribution in [0.3, 0.4) is 0 Å². The molecule has 128 valence electrons. The lowest BCUT2D eigenvalue weighted by Gasteiger charge is -2.08. The Balaban J connectivity index is 1.82. The van der Waals surface area contributed by atoms with Crippen molar-refractivity contribution in [1.82, 2.24) is 15.3 Å². The van der Waals surface area contributed by atoms with Gasteiger partial charge < -0.3 is 15.4 Å². The van der Waals surface area contributed by atoms with Crippen molar-refractivity contribution < 1.29 is 13.9 Å². The lowest BCUT2D eigenvalue weighted by Crippen LogP contribution is -2.27. The molecule has 0 radical (unpaired) electrons. The van der Waals surface area contributed by atoms with Crippen molar-refractivity contribution in [1.29, 1.82) is 0 Å². The minimum Gasteiger partial charge on any atom is -0.385 e. The van der Waals surface area contributed by atoms with E-state index in [1.54, 1.807) is 31.4 Å². The number of hydrogen-bond donors (Lipinski definition) is 2. The lowest BCUT2D eigenvalue weighted by atomic mass is 10.1. The summed E-state index contributed by atoms with van der Waals surface area (Å²) in [6.45, 7) is 1.68. The molecule has 24 heavy (non-hydrogen) atoms. The van der Waals surface area contributed by atoms with Gasteiger partial charge in [-0.3, -0.25) is 4.79 Å². The zero-order valence-corrected chi connectivity index (χ0v) is 13.6. The molecule has 0 saturated heterocycles. The van der Waals surface area contributed by atoms with E-state index in [4.69, 9.17) is 4.74 Å². The summed E-state index contributed by atoms with van der Waals surface area (Å²) in [7, 11) is 1.65. The topological polar surface area (TPSA) is 76.1 Å². The number of ether oxygens (including phenoxy) is 1. The molecular formula is C17H21FN4O2. The van der Waals surface area contributed by atoms with Crippen LogP contribution in [0.15, 0.2) is 36.7 Å². The molecule has 0 aliphatic carbocycles. The molecular weight excluding hydrogens is 311 g/mol. The lowest BCUT2D eigenvalue weighted by molar-refractivity contribution is 0.0949. The fourth-order valence-corrected chi connectivity index (χ4v) is 2.11. The number of nitrogens with one attached hydrogen (secondary N) is 2. The second kappa shape index (κ2) is 9.57. The van der Waals surface area contributed by atoms with Crippen LogP contribution < -0.4 is 10.6 Å². The summed E-state index contributed by atoms with van der Waals surface area (Å²) < 4.78 is 18.5. The van der Waals surface area contributed by atoms with Crippen molar-refractivity contribution in [2.24, 2.45) is 0 Å². The van der Waals surface area contributed by atoms with Crippen LogP contribution in [-0.2, 0) is 11.2 Å². The Hall–Kier alpha value is -2.54. The van der Waals surface area contributed by atoms with Gasteiger partial charge in [-0.2, -0.15) is 0 Å². The van der Waals surface area contributed by atoms with E-state index in [9.17, 15) is 9.18 Å². The zero-order valence-electron chi connectivity index (χ0n) is 13.6. The Morgan fingerprint density at radius 1 is 1.25 bits per heavy atom. The monoisotopic (exact) mass is 332 g/mol. The Morgan fingerprint density at radius 3 is 2.88 bits per heavy atom. The van der Waals surface area contributed by atoms with Crippen molar-refractivity contribution in [3.05, 3.63) is 53.7 Å². The summed E-state index contributed by atoms with van der Waals surface area (Å²) in [6.07, 6.45) is 2.60. The molecule has 0 atom stereocenters. The van der Waals surface area contributed by atoms with Gasteiger partial charge >= 0.3 is 0 Å². The summed E-state index contributed by atoms with van der Waals surface area (Å²) in [6, 6.07) is 8.11. The molecule has 2 aromatic rings. The quantitative estimate of drug-likeness (QED) is 0.687. The Morgan fingerprint density at radius 2 is 2.08 bits per heavy atom. The first-order valence-electron chi connectivity index (χ1n) is 7.77. The van der Waals surface area contributed by atoms with Crippen LogP contribution in [0.4, 0.5) is 10.2 Å². The third kappa shape index (κ3) is 5.58. The smallest absolute Gasteiger partial charge is 0.270 e. The van der Waals surface area contributed by atoms with Gasteiger partial charge in [-0.15, -0.1) is 0 Å². The maximum Gasteiger partial charge on any atom is 0.270 e. The molecule has 1 amide bonds. The molecule has 2 rings (SSSR count). The average molecular weight is 332 g/mol. The van der Waals surface area contributed by atoms with Gasteiger partial charge in [0.15, 0.2) is 0 Å². The van der Waals surface area contributed by atoms with Crippen LogP contribution in [0, 0.1) is 5.82 Å². The van der Waals surface area contributed by atoms with Crippen molar-refractivity contribution in [2.45, 2.75) is 12.8 Å². The summed E-state index contributed by atoms with van der Waals surface area (Å²) in [4.78, 5) is 20.1. The minimum atomic E-state index is -0.311. The third-order valence-corrected chi connectivity index (χ3v) is 3.37. The predicted molar refractivity (Wildman–Crippen MR) is 89.5 cm³/mol. The number of halogens is 1. The largest absolute Gasteiger partial charge is 0.385 e. The third-order valence-electron chi connectivity index (χ3n) is 3.37. The van der Waals surface area contributed by atoms with Gasteiger partial charge in [0, 0.05) is 32.9 Å². The van der Waals surface area contributed by atoms with Gasteiger partial charge in [-0.05, 0) is 24.5 Å². The SMILES string of the molecule is COCCCNc1cc(C(=O)NCCc2ccccc2F)ncn1.